The maximum atomic E-state index is 12.0. The number of carbonyl (C=O) groups excluding carboxylic acids is 1. The van der Waals surface area contributed by atoms with Crippen LogP contribution >= 0.6 is 11.8 Å². The summed E-state index contributed by atoms with van der Waals surface area (Å²) in [6.07, 6.45) is 3.83. The number of nitrogens with one attached hydrogen (secondary N) is 1. The number of aromatic nitrogens is 1. The molecule has 0 bridgehead atoms. The SMILES string of the molecule is CCn1cc(N)cc1C(=O)NCC(C)(C)SC. The number of nitrogens with two attached hydrogens (primary N) is 1. The molecule has 0 aromatic carbocycles. The van der Waals surface area contributed by atoms with Crippen molar-refractivity contribution < 1.29 is 4.79 Å². The molecule has 96 valence electrons. The van der Waals surface area contributed by atoms with Crippen molar-refractivity contribution in [2.24, 2.45) is 0 Å². The minimum Gasteiger partial charge on any atom is -0.397 e. The van der Waals surface area contributed by atoms with Gasteiger partial charge in [0, 0.05) is 24.0 Å². The fourth-order valence-electron chi connectivity index (χ4n) is 1.44. The molecule has 0 saturated carbocycles. The number of thioether (sulfide) groups is 1. The first kappa shape index (κ1) is 14.0. The lowest BCUT2D eigenvalue weighted by Gasteiger charge is -2.22. The molecule has 0 aliphatic rings. The van der Waals surface area contributed by atoms with Gasteiger partial charge in [-0.25, -0.2) is 0 Å². The van der Waals surface area contributed by atoms with Crippen LogP contribution in [0.25, 0.3) is 0 Å². The normalized spacial score (nSPS) is 11.5. The van der Waals surface area contributed by atoms with E-state index in [-0.39, 0.29) is 10.7 Å². The first-order chi connectivity index (χ1) is 7.89. The third kappa shape index (κ3) is 3.70. The van der Waals surface area contributed by atoms with Crippen LogP contribution in [0.5, 0.6) is 0 Å². The smallest absolute Gasteiger partial charge is 0.268 e. The minimum absolute atomic E-state index is 0.0465. The molecule has 0 aliphatic heterocycles. The summed E-state index contributed by atoms with van der Waals surface area (Å²) in [5.74, 6) is -0.0642. The first-order valence-electron chi connectivity index (χ1n) is 5.68. The zero-order chi connectivity index (χ0) is 13.1. The molecule has 0 aliphatic carbocycles. The second-order valence-corrected chi connectivity index (χ2v) is 6.10. The van der Waals surface area contributed by atoms with Crippen LogP contribution < -0.4 is 11.1 Å². The molecule has 0 saturated heterocycles. The summed E-state index contributed by atoms with van der Waals surface area (Å²) in [6, 6.07) is 1.71. The Morgan fingerprint density at radius 3 is 2.76 bits per heavy atom. The van der Waals surface area contributed by atoms with Gasteiger partial charge >= 0.3 is 0 Å². The Morgan fingerprint density at radius 2 is 2.24 bits per heavy atom. The second-order valence-electron chi connectivity index (χ2n) is 4.59. The predicted octanol–water partition coefficient (Wildman–Crippen LogP) is 1.96. The molecular formula is C12H21N3OS. The molecule has 0 unspecified atom stereocenters. The van der Waals surface area contributed by atoms with Crippen LogP contribution in [0.1, 0.15) is 31.3 Å². The van der Waals surface area contributed by atoms with E-state index in [2.05, 4.69) is 19.2 Å². The molecule has 0 radical (unpaired) electrons. The zero-order valence-electron chi connectivity index (χ0n) is 10.9. The number of nitrogen functional groups attached to an aromatic ring is 1. The summed E-state index contributed by atoms with van der Waals surface area (Å²) < 4.78 is 1.90. The quantitative estimate of drug-likeness (QED) is 0.845. The van der Waals surface area contributed by atoms with Crippen molar-refractivity contribution in [3.63, 3.8) is 0 Å². The molecule has 17 heavy (non-hydrogen) atoms. The van der Waals surface area contributed by atoms with Crippen molar-refractivity contribution in [3.05, 3.63) is 18.0 Å². The van der Waals surface area contributed by atoms with Crippen molar-refractivity contribution >= 4 is 23.4 Å². The highest BCUT2D eigenvalue weighted by atomic mass is 32.2. The third-order valence-electron chi connectivity index (χ3n) is 2.72. The molecule has 4 nitrogen and oxygen atoms in total. The lowest BCUT2D eigenvalue weighted by atomic mass is 10.2. The Bertz CT molecular complexity index is 398. The predicted molar refractivity (Wildman–Crippen MR) is 74.4 cm³/mol. The van der Waals surface area contributed by atoms with Gasteiger partial charge < -0.3 is 15.6 Å². The number of rotatable bonds is 5. The number of hydrogen-bond donors (Lipinski definition) is 2. The van der Waals surface area contributed by atoms with E-state index >= 15 is 0 Å². The van der Waals surface area contributed by atoms with E-state index in [4.69, 9.17) is 5.73 Å². The molecule has 1 aromatic rings. The Hall–Kier alpha value is -1.10. The number of nitrogens with zero attached hydrogens (tertiary/aromatic N) is 1. The number of carbonyl (C=O) groups is 1. The van der Waals surface area contributed by atoms with E-state index in [9.17, 15) is 4.79 Å². The fraction of sp³-hybridized carbons (Fsp3) is 0.583. The van der Waals surface area contributed by atoms with E-state index < -0.39 is 0 Å². The van der Waals surface area contributed by atoms with Crippen molar-refractivity contribution in [3.8, 4) is 0 Å². The number of amides is 1. The van der Waals surface area contributed by atoms with Crippen LogP contribution in [0, 0.1) is 0 Å². The van der Waals surface area contributed by atoms with E-state index in [0.29, 0.717) is 17.9 Å². The van der Waals surface area contributed by atoms with E-state index in [1.165, 1.54) is 0 Å². The maximum Gasteiger partial charge on any atom is 0.268 e. The van der Waals surface area contributed by atoms with E-state index in [1.807, 2.05) is 17.7 Å². The van der Waals surface area contributed by atoms with Crippen molar-refractivity contribution in [2.75, 3.05) is 18.5 Å². The monoisotopic (exact) mass is 255 g/mol. The molecule has 0 fully saturated rings. The average Bonchev–Trinajstić information content (AvgIpc) is 2.67. The molecule has 0 spiro atoms. The van der Waals surface area contributed by atoms with Gasteiger partial charge in [-0.3, -0.25) is 4.79 Å². The summed E-state index contributed by atoms with van der Waals surface area (Å²) in [5, 5.41) is 2.94. The van der Waals surface area contributed by atoms with Gasteiger partial charge in [0.05, 0.1) is 5.69 Å². The van der Waals surface area contributed by atoms with Gasteiger partial charge in [0.25, 0.3) is 5.91 Å². The summed E-state index contributed by atoms with van der Waals surface area (Å²) >= 11 is 1.73. The highest BCUT2D eigenvalue weighted by molar-refractivity contribution is 7.99. The summed E-state index contributed by atoms with van der Waals surface area (Å²) in [7, 11) is 0. The van der Waals surface area contributed by atoms with Gasteiger partial charge in [0.1, 0.15) is 5.69 Å². The van der Waals surface area contributed by atoms with Crippen molar-refractivity contribution in [1.29, 1.82) is 0 Å². The van der Waals surface area contributed by atoms with Gasteiger partial charge in [-0.05, 0) is 33.1 Å². The van der Waals surface area contributed by atoms with Crippen molar-refractivity contribution in [2.45, 2.75) is 32.1 Å². The third-order valence-corrected chi connectivity index (χ3v) is 3.97. The standard InChI is InChI=1S/C12H21N3OS/c1-5-15-7-9(13)6-10(15)11(16)14-8-12(2,3)17-4/h6-7H,5,8,13H2,1-4H3,(H,14,16). The van der Waals surface area contributed by atoms with Gasteiger partial charge in [0.2, 0.25) is 0 Å². The van der Waals surface area contributed by atoms with Crippen LogP contribution in [0.4, 0.5) is 5.69 Å². The van der Waals surface area contributed by atoms with Gasteiger partial charge in [-0.1, -0.05) is 0 Å². The molecule has 1 amide bonds. The largest absolute Gasteiger partial charge is 0.397 e. The first-order valence-corrected chi connectivity index (χ1v) is 6.91. The highest BCUT2D eigenvalue weighted by Gasteiger charge is 2.19. The van der Waals surface area contributed by atoms with Crippen LogP contribution in [0.2, 0.25) is 0 Å². The number of aryl methyl sites for hydroxylation is 1. The number of hydrogen-bond acceptors (Lipinski definition) is 3. The summed E-state index contributed by atoms with van der Waals surface area (Å²) in [5.41, 5.74) is 6.95. The van der Waals surface area contributed by atoms with Gasteiger partial charge in [-0.2, -0.15) is 11.8 Å². The van der Waals surface area contributed by atoms with Crippen LogP contribution in [-0.4, -0.2) is 28.0 Å². The number of anilines is 1. The minimum atomic E-state index is -0.0642. The summed E-state index contributed by atoms with van der Waals surface area (Å²) in [4.78, 5) is 12.0. The van der Waals surface area contributed by atoms with Crippen LogP contribution in [-0.2, 0) is 6.54 Å². The molecule has 1 heterocycles. The van der Waals surface area contributed by atoms with Crippen LogP contribution in [0.3, 0.4) is 0 Å². The Kier molecular flexibility index (Phi) is 4.51. The molecule has 3 N–H and O–H groups in total. The Labute approximate surface area is 107 Å². The lowest BCUT2D eigenvalue weighted by Crippen LogP contribution is -2.36. The fourth-order valence-corrected chi connectivity index (χ4v) is 1.66. The zero-order valence-corrected chi connectivity index (χ0v) is 11.7. The molecular weight excluding hydrogens is 234 g/mol. The summed E-state index contributed by atoms with van der Waals surface area (Å²) in [6.45, 7) is 7.58. The Morgan fingerprint density at radius 1 is 1.59 bits per heavy atom. The van der Waals surface area contributed by atoms with Gasteiger partial charge in [0.15, 0.2) is 0 Å². The molecule has 0 atom stereocenters. The topological polar surface area (TPSA) is 60.0 Å². The van der Waals surface area contributed by atoms with E-state index in [1.54, 1.807) is 24.0 Å². The highest BCUT2D eigenvalue weighted by Crippen LogP contribution is 2.20. The molecule has 5 heteroatoms. The average molecular weight is 255 g/mol. The van der Waals surface area contributed by atoms with Gasteiger partial charge in [-0.15, -0.1) is 0 Å². The maximum absolute atomic E-state index is 12.0. The van der Waals surface area contributed by atoms with E-state index in [0.717, 1.165) is 6.54 Å². The Balaban J connectivity index is 2.70. The van der Waals surface area contributed by atoms with Crippen molar-refractivity contribution in [1.82, 2.24) is 9.88 Å². The molecule has 1 aromatic heterocycles. The van der Waals surface area contributed by atoms with Crippen LogP contribution in [0.15, 0.2) is 12.3 Å². The second kappa shape index (κ2) is 5.49. The molecule has 1 rings (SSSR count). The lowest BCUT2D eigenvalue weighted by molar-refractivity contribution is 0.0941.